The summed E-state index contributed by atoms with van der Waals surface area (Å²) in [6.45, 7) is 7.03. The first-order valence-corrected chi connectivity index (χ1v) is 7.19. The van der Waals surface area contributed by atoms with E-state index in [9.17, 15) is 5.11 Å². The molecule has 0 bridgehead atoms. The van der Waals surface area contributed by atoms with Gasteiger partial charge in [0.2, 0.25) is 0 Å². The molecular formula is C18H22O3. The molecule has 0 atom stereocenters. The standard InChI is InChI=1S/C18H22O3/c1-4-20-17-7-5-6-16(11-19)18(17)21-12-15-9-13(2)8-14(3)10-15/h5-10,19H,4,11-12H2,1-3H3. The van der Waals surface area contributed by atoms with Crippen LogP contribution in [-0.2, 0) is 13.2 Å². The molecule has 1 N–H and O–H groups in total. The minimum Gasteiger partial charge on any atom is -0.490 e. The third-order valence-electron chi connectivity index (χ3n) is 3.20. The summed E-state index contributed by atoms with van der Waals surface area (Å²) in [7, 11) is 0. The summed E-state index contributed by atoms with van der Waals surface area (Å²) in [6.07, 6.45) is 0. The van der Waals surface area contributed by atoms with Gasteiger partial charge in [-0.15, -0.1) is 0 Å². The predicted molar refractivity (Wildman–Crippen MR) is 83.8 cm³/mol. The molecule has 0 radical (unpaired) electrons. The molecule has 0 unspecified atom stereocenters. The molecule has 0 amide bonds. The molecule has 0 fully saturated rings. The number of para-hydroxylation sites is 1. The molecule has 0 aromatic heterocycles. The van der Waals surface area contributed by atoms with Gasteiger partial charge in [-0.25, -0.2) is 0 Å². The van der Waals surface area contributed by atoms with Gasteiger partial charge < -0.3 is 14.6 Å². The fraction of sp³-hybridized carbons (Fsp3) is 0.333. The fourth-order valence-corrected chi connectivity index (χ4v) is 2.43. The van der Waals surface area contributed by atoms with Gasteiger partial charge in [-0.2, -0.15) is 0 Å². The minimum atomic E-state index is -0.0664. The van der Waals surface area contributed by atoms with Crippen LogP contribution in [0.4, 0.5) is 0 Å². The Kier molecular flexibility index (Phi) is 5.23. The first-order chi connectivity index (χ1) is 10.1. The van der Waals surface area contributed by atoms with E-state index in [1.54, 1.807) is 0 Å². The van der Waals surface area contributed by atoms with Crippen molar-refractivity contribution in [1.29, 1.82) is 0 Å². The average Bonchev–Trinajstić information content (AvgIpc) is 2.45. The van der Waals surface area contributed by atoms with E-state index >= 15 is 0 Å². The van der Waals surface area contributed by atoms with Crippen molar-refractivity contribution in [3.63, 3.8) is 0 Å². The second-order valence-corrected chi connectivity index (χ2v) is 5.12. The number of hydrogen-bond acceptors (Lipinski definition) is 3. The first-order valence-electron chi connectivity index (χ1n) is 7.19. The number of hydrogen-bond donors (Lipinski definition) is 1. The van der Waals surface area contributed by atoms with Crippen LogP contribution in [0, 0.1) is 13.8 Å². The van der Waals surface area contributed by atoms with E-state index in [0.29, 0.717) is 24.7 Å². The Morgan fingerprint density at radius 3 is 2.33 bits per heavy atom. The number of benzene rings is 2. The third-order valence-corrected chi connectivity index (χ3v) is 3.20. The highest BCUT2D eigenvalue weighted by Crippen LogP contribution is 2.32. The van der Waals surface area contributed by atoms with Crippen molar-refractivity contribution in [3.05, 3.63) is 58.7 Å². The zero-order valence-electron chi connectivity index (χ0n) is 12.8. The van der Waals surface area contributed by atoms with E-state index in [2.05, 4.69) is 32.0 Å². The molecule has 0 saturated carbocycles. The first kappa shape index (κ1) is 15.4. The van der Waals surface area contributed by atoms with Gasteiger partial charge in [0, 0.05) is 5.56 Å². The summed E-state index contributed by atoms with van der Waals surface area (Å²) in [5.74, 6) is 1.30. The van der Waals surface area contributed by atoms with Crippen LogP contribution >= 0.6 is 0 Å². The van der Waals surface area contributed by atoms with E-state index in [1.165, 1.54) is 11.1 Å². The Bertz CT molecular complexity index is 585. The molecule has 2 aromatic carbocycles. The molecule has 3 heteroatoms. The van der Waals surface area contributed by atoms with E-state index in [0.717, 1.165) is 11.1 Å². The summed E-state index contributed by atoms with van der Waals surface area (Å²) in [6, 6.07) is 11.9. The Morgan fingerprint density at radius 1 is 1.00 bits per heavy atom. The van der Waals surface area contributed by atoms with Crippen molar-refractivity contribution >= 4 is 0 Å². The number of aliphatic hydroxyl groups excluding tert-OH is 1. The topological polar surface area (TPSA) is 38.7 Å². The van der Waals surface area contributed by atoms with E-state index in [-0.39, 0.29) is 6.61 Å². The van der Waals surface area contributed by atoms with Crippen LogP contribution in [0.3, 0.4) is 0 Å². The van der Waals surface area contributed by atoms with Gasteiger partial charge in [-0.05, 0) is 32.4 Å². The highest BCUT2D eigenvalue weighted by molar-refractivity contribution is 5.46. The molecule has 0 spiro atoms. The van der Waals surface area contributed by atoms with E-state index in [4.69, 9.17) is 9.47 Å². The van der Waals surface area contributed by atoms with Crippen LogP contribution in [0.2, 0.25) is 0 Å². The lowest BCUT2D eigenvalue weighted by atomic mass is 10.1. The third kappa shape index (κ3) is 3.99. The molecule has 0 aliphatic carbocycles. The highest BCUT2D eigenvalue weighted by Gasteiger charge is 2.11. The van der Waals surface area contributed by atoms with Gasteiger partial charge in [-0.3, -0.25) is 0 Å². The molecule has 21 heavy (non-hydrogen) atoms. The van der Waals surface area contributed by atoms with Gasteiger partial charge >= 0.3 is 0 Å². The molecule has 2 aromatic rings. The van der Waals surface area contributed by atoms with Crippen LogP contribution in [0.1, 0.15) is 29.2 Å². The Labute approximate surface area is 126 Å². The second-order valence-electron chi connectivity index (χ2n) is 5.12. The maximum absolute atomic E-state index is 9.46. The monoisotopic (exact) mass is 286 g/mol. The number of rotatable bonds is 6. The lowest BCUT2D eigenvalue weighted by Gasteiger charge is -2.15. The summed E-state index contributed by atoms with van der Waals surface area (Å²) in [4.78, 5) is 0. The van der Waals surface area contributed by atoms with Crippen molar-refractivity contribution in [2.45, 2.75) is 34.0 Å². The van der Waals surface area contributed by atoms with Gasteiger partial charge in [0.1, 0.15) is 6.61 Å². The average molecular weight is 286 g/mol. The zero-order chi connectivity index (χ0) is 15.2. The van der Waals surface area contributed by atoms with Gasteiger partial charge in [0.05, 0.1) is 13.2 Å². The predicted octanol–water partition coefficient (Wildman–Crippen LogP) is 3.77. The SMILES string of the molecule is CCOc1cccc(CO)c1OCc1cc(C)cc(C)c1. The molecule has 3 nitrogen and oxygen atoms in total. The maximum Gasteiger partial charge on any atom is 0.167 e. The molecule has 2 rings (SSSR count). The smallest absolute Gasteiger partial charge is 0.167 e. The summed E-state index contributed by atoms with van der Waals surface area (Å²) < 4.78 is 11.5. The Balaban J connectivity index is 2.22. The molecule has 112 valence electrons. The van der Waals surface area contributed by atoms with Gasteiger partial charge in [-0.1, -0.05) is 41.5 Å². The van der Waals surface area contributed by atoms with E-state index < -0.39 is 0 Å². The number of aryl methyl sites for hydroxylation is 2. The van der Waals surface area contributed by atoms with Crippen LogP contribution in [0.15, 0.2) is 36.4 Å². The summed E-state index contributed by atoms with van der Waals surface area (Å²) >= 11 is 0. The van der Waals surface area contributed by atoms with Crippen LogP contribution < -0.4 is 9.47 Å². The summed E-state index contributed by atoms with van der Waals surface area (Å²) in [5, 5.41) is 9.46. The lowest BCUT2D eigenvalue weighted by Crippen LogP contribution is -2.03. The molecule has 0 heterocycles. The molecule has 0 aliphatic heterocycles. The molecular weight excluding hydrogens is 264 g/mol. The molecule has 0 aliphatic rings. The molecule has 0 saturated heterocycles. The van der Waals surface area contributed by atoms with Crippen molar-refractivity contribution in [1.82, 2.24) is 0 Å². The number of ether oxygens (including phenoxy) is 2. The fourth-order valence-electron chi connectivity index (χ4n) is 2.43. The van der Waals surface area contributed by atoms with Gasteiger partial charge in [0.25, 0.3) is 0 Å². The lowest BCUT2D eigenvalue weighted by molar-refractivity contribution is 0.243. The van der Waals surface area contributed by atoms with Crippen molar-refractivity contribution < 1.29 is 14.6 Å². The van der Waals surface area contributed by atoms with Crippen LogP contribution in [-0.4, -0.2) is 11.7 Å². The van der Waals surface area contributed by atoms with Crippen molar-refractivity contribution in [2.24, 2.45) is 0 Å². The van der Waals surface area contributed by atoms with Crippen molar-refractivity contribution in [3.8, 4) is 11.5 Å². The maximum atomic E-state index is 9.46. The second kappa shape index (κ2) is 7.14. The largest absolute Gasteiger partial charge is 0.490 e. The minimum absolute atomic E-state index is 0.0664. The van der Waals surface area contributed by atoms with Crippen LogP contribution in [0.5, 0.6) is 11.5 Å². The van der Waals surface area contributed by atoms with Crippen LogP contribution in [0.25, 0.3) is 0 Å². The zero-order valence-corrected chi connectivity index (χ0v) is 12.8. The Morgan fingerprint density at radius 2 is 1.71 bits per heavy atom. The Hall–Kier alpha value is -2.00. The quantitative estimate of drug-likeness (QED) is 0.878. The van der Waals surface area contributed by atoms with Crippen molar-refractivity contribution in [2.75, 3.05) is 6.61 Å². The van der Waals surface area contributed by atoms with Gasteiger partial charge in [0.15, 0.2) is 11.5 Å². The number of aliphatic hydroxyl groups is 1. The van der Waals surface area contributed by atoms with E-state index in [1.807, 2.05) is 25.1 Å². The normalized spacial score (nSPS) is 10.5. The highest BCUT2D eigenvalue weighted by atomic mass is 16.5. The summed E-state index contributed by atoms with van der Waals surface area (Å²) in [5.41, 5.74) is 4.29.